The van der Waals surface area contributed by atoms with Gasteiger partial charge in [-0.25, -0.2) is 0 Å². The molecule has 0 aliphatic carbocycles. The van der Waals surface area contributed by atoms with Crippen LogP contribution in [-0.4, -0.2) is 11.5 Å². The van der Waals surface area contributed by atoms with E-state index in [1.54, 1.807) is 6.20 Å². The van der Waals surface area contributed by atoms with Crippen molar-refractivity contribution in [3.05, 3.63) is 64.4 Å². The molecule has 0 spiro atoms. The average Bonchev–Trinajstić information content (AvgIpc) is 2.53. The van der Waals surface area contributed by atoms with E-state index in [-0.39, 0.29) is 6.04 Å². The third-order valence-electron chi connectivity index (χ3n) is 3.69. The highest BCUT2D eigenvalue weighted by Gasteiger charge is 2.14. The maximum absolute atomic E-state index is 6.31. The highest BCUT2D eigenvalue weighted by Crippen LogP contribution is 2.25. The Morgan fingerprint density at radius 2 is 1.81 bits per heavy atom. The van der Waals surface area contributed by atoms with Gasteiger partial charge in [0.2, 0.25) is 0 Å². The van der Waals surface area contributed by atoms with E-state index < -0.39 is 0 Å². The number of hydrogen-bond donors (Lipinski definition) is 1. The van der Waals surface area contributed by atoms with Gasteiger partial charge < -0.3 is 5.32 Å². The Morgan fingerprint density at radius 3 is 2.43 bits per heavy atom. The summed E-state index contributed by atoms with van der Waals surface area (Å²) < 4.78 is 0. The van der Waals surface area contributed by atoms with Crippen LogP contribution in [0.5, 0.6) is 0 Å². The van der Waals surface area contributed by atoms with Gasteiger partial charge in [-0.15, -0.1) is 0 Å². The largest absolute Gasteiger partial charge is 0.310 e. The van der Waals surface area contributed by atoms with Gasteiger partial charge in [0, 0.05) is 18.4 Å². The highest BCUT2D eigenvalue weighted by atomic mass is 35.5. The van der Waals surface area contributed by atoms with E-state index in [2.05, 4.69) is 48.4 Å². The molecule has 0 fully saturated rings. The first-order valence-electron chi connectivity index (χ1n) is 7.65. The molecule has 112 valence electrons. The van der Waals surface area contributed by atoms with Crippen molar-refractivity contribution >= 4 is 11.6 Å². The molecule has 21 heavy (non-hydrogen) atoms. The lowest BCUT2D eigenvalue weighted by molar-refractivity contribution is 0.529. The molecule has 0 saturated heterocycles. The Bertz CT molecular complexity index is 551. The normalized spacial score (nSPS) is 12.3. The van der Waals surface area contributed by atoms with Crippen molar-refractivity contribution in [1.82, 2.24) is 10.3 Å². The molecule has 1 atom stereocenters. The van der Waals surface area contributed by atoms with Crippen molar-refractivity contribution in [2.24, 2.45) is 0 Å². The van der Waals surface area contributed by atoms with Gasteiger partial charge in [0.1, 0.15) is 0 Å². The van der Waals surface area contributed by atoms with Gasteiger partial charge in [-0.2, -0.15) is 0 Å². The number of halogens is 1. The Hall–Kier alpha value is -1.38. The van der Waals surface area contributed by atoms with Crippen LogP contribution in [0.3, 0.4) is 0 Å². The fraction of sp³-hybridized carbons (Fsp3) is 0.389. The number of aryl methyl sites for hydroxylation is 1. The fourth-order valence-electron chi connectivity index (χ4n) is 2.43. The molecule has 1 unspecified atom stereocenters. The molecular weight excluding hydrogens is 280 g/mol. The van der Waals surface area contributed by atoms with Gasteiger partial charge in [0.25, 0.3) is 0 Å². The molecule has 0 amide bonds. The van der Waals surface area contributed by atoms with Crippen LogP contribution in [-0.2, 0) is 12.8 Å². The van der Waals surface area contributed by atoms with E-state index in [0.29, 0.717) is 0 Å². The second-order valence-electron chi connectivity index (χ2n) is 5.28. The number of aromatic nitrogens is 1. The topological polar surface area (TPSA) is 24.9 Å². The highest BCUT2D eigenvalue weighted by molar-refractivity contribution is 6.31. The zero-order chi connectivity index (χ0) is 15.1. The molecule has 1 aromatic carbocycles. The first-order valence-corrected chi connectivity index (χ1v) is 8.03. The van der Waals surface area contributed by atoms with Crippen molar-refractivity contribution in [3.8, 4) is 0 Å². The zero-order valence-corrected chi connectivity index (χ0v) is 13.5. The molecular formula is C18H23ClN2. The zero-order valence-electron chi connectivity index (χ0n) is 12.8. The smallest absolute Gasteiger partial charge is 0.0637 e. The van der Waals surface area contributed by atoms with Crippen molar-refractivity contribution in [3.63, 3.8) is 0 Å². The van der Waals surface area contributed by atoms with Crippen LogP contribution in [0.1, 0.15) is 43.0 Å². The summed E-state index contributed by atoms with van der Waals surface area (Å²) in [5.41, 5.74) is 3.83. The number of nitrogens with zero attached hydrogens (tertiary/aromatic N) is 1. The number of nitrogens with one attached hydrogen (secondary N) is 1. The van der Waals surface area contributed by atoms with Crippen LogP contribution >= 0.6 is 11.6 Å². The number of pyridine rings is 1. The minimum absolute atomic E-state index is 0.230. The van der Waals surface area contributed by atoms with Crippen LogP contribution in [0.15, 0.2) is 42.7 Å². The first-order chi connectivity index (χ1) is 10.2. The molecule has 0 aliphatic rings. The van der Waals surface area contributed by atoms with Crippen LogP contribution in [0, 0.1) is 0 Å². The second-order valence-corrected chi connectivity index (χ2v) is 5.69. The minimum atomic E-state index is 0.230. The Morgan fingerprint density at radius 1 is 1.10 bits per heavy atom. The summed E-state index contributed by atoms with van der Waals surface area (Å²) >= 11 is 6.31. The molecule has 2 aromatic rings. The maximum Gasteiger partial charge on any atom is 0.0637 e. The molecule has 0 saturated carbocycles. The lowest BCUT2D eigenvalue weighted by atomic mass is 9.98. The van der Waals surface area contributed by atoms with Crippen molar-refractivity contribution in [2.75, 3.05) is 6.54 Å². The molecule has 0 aliphatic heterocycles. The lowest BCUT2D eigenvalue weighted by Crippen LogP contribution is -2.24. The second kappa shape index (κ2) is 8.16. The van der Waals surface area contributed by atoms with Crippen LogP contribution < -0.4 is 5.32 Å². The van der Waals surface area contributed by atoms with E-state index in [0.717, 1.165) is 36.4 Å². The van der Waals surface area contributed by atoms with Gasteiger partial charge in [0.15, 0.2) is 0 Å². The predicted molar refractivity (Wildman–Crippen MR) is 89.8 cm³/mol. The molecule has 2 nitrogen and oxygen atoms in total. The van der Waals surface area contributed by atoms with Gasteiger partial charge in [-0.1, -0.05) is 49.7 Å². The number of rotatable bonds is 7. The summed E-state index contributed by atoms with van der Waals surface area (Å²) in [6.07, 6.45) is 6.65. The number of benzene rings is 1. The molecule has 2 rings (SSSR count). The van der Waals surface area contributed by atoms with Gasteiger partial charge >= 0.3 is 0 Å². The van der Waals surface area contributed by atoms with E-state index in [4.69, 9.17) is 11.6 Å². The third-order valence-corrected chi connectivity index (χ3v) is 4.01. The standard InChI is InChI=1S/C18H23ClN2/c1-3-10-21-18(16-9-11-20-13-17(16)19)12-15-7-5-14(4-2)6-8-15/h5-9,11,13,18,21H,3-4,10,12H2,1-2H3. The van der Waals surface area contributed by atoms with Crippen molar-refractivity contribution < 1.29 is 0 Å². The Labute approximate surface area is 132 Å². The van der Waals surface area contributed by atoms with Crippen LogP contribution in [0.2, 0.25) is 5.02 Å². The monoisotopic (exact) mass is 302 g/mol. The van der Waals surface area contributed by atoms with Gasteiger partial charge in [-0.05, 0) is 48.6 Å². The molecule has 1 N–H and O–H groups in total. The Kier molecular flexibility index (Phi) is 6.21. The summed E-state index contributed by atoms with van der Waals surface area (Å²) in [5.74, 6) is 0. The van der Waals surface area contributed by atoms with E-state index >= 15 is 0 Å². The molecule has 3 heteroatoms. The first kappa shape index (κ1) is 16.0. The van der Waals surface area contributed by atoms with Crippen LogP contribution in [0.25, 0.3) is 0 Å². The fourth-order valence-corrected chi connectivity index (χ4v) is 2.68. The summed E-state index contributed by atoms with van der Waals surface area (Å²) in [6, 6.07) is 11.1. The maximum atomic E-state index is 6.31. The SMILES string of the molecule is CCCNC(Cc1ccc(CC)cc1)c1ccncc1Cl. The van der Waals surface area contributed by atoms with Gasteiger partial charge in [-0.3, -0.25) is 4.98 Å². The van der Waals surface area contributed by atoms with E-state index in [1.807, 2.05) is 12.3 Å². The average molecular weight is 303 g/mol. The summed E-state index contributed by atoms with van der Waals surface area (Å²) in [4.78, 5) is 4.08. The molecule has 0 radical (unpaired) electrons. The van der Waals surface area contributed by atoms with E-state index in [9.17, 15) is 0 Å². The summed E-state index contributed by atoms with van der Waals surface area (Å²) in [5, 5.41) is 4.32. The van der Waals surface area contributed by atoms with Gasteiger partial charge in [0.05, 0.1) is 5.02 Å². The van der Waals surface area contributed by atoms with Crippen LogP contribution in [0.4, 0.5) is 0 Å². The number of hydrogen-bond acceptors (Lipinski definition) is 2. The third kappa shape index (κ3) is 4.55. The van der Waals surface area contributed by atoms with Crippen molar-refractivity contribution in [2.45, 2.75) is 39.2 Å². The lowest BCUT2D eigenvalue weighted by Gasteiger charge is -2.20. The predicted octanol–water partition coefficient (Wildman–Crippen LogP) is 4.58. The molecule has 1 aromatic heterocycles. The molecule has 0 bridgehead atoms. The molecule has 1 heterocycles. The summed E-state index contributed by atoms with van der Waals surface area (Å²) in [6.45, 7) is 5.34. The van der Waals surface area contributed by atoms with E-state index in [1.165, 1.54) is 11.1 Å². The minimum Gasteiger partial charge on any atom is -0.310 e. The quantitative estimate of drug-likeness (QED) is 0.809. The summed E-state index contributed by atoms with van der Waals surface area (Å²) in [7, 11) is 0. The van der Waals surface area contributed by atoms with Crippen molar-refractivity contribution in [1.29, 1.82) is 0 Å². The Balaban J connectivity index is 2.17.